The Morgan fingerprint density at radius 3 is 2.21 bits per heavy atom. The van der Waals surface area contributed by atoms with Crippen molar-refractivity contribution in [3.63, 3.8) is 0 Å². The SMILES string of the molecule is O=c1ccc2c(ccc3c2c2ccccc2c2ccc(-c4ccccc4)n23)o1. The molecule has 3 aromatic heterocycles. The number of hydrogen-bond donors (Lipinski definition) is 0. The molecule has 0 spiro atoms. The molecule has 0 atom stereocenters. The van der Waals surface area contributed by atoms with Gasteiger partial charge in [0.05, 0.1) is 16.7 Å². The minimum absolute atomic E-state index is 0.330. The van der Waals surface area contributed by atoms with Crippen LogP contribution in [-0.4, -0.2) is 4.40 Å². The number of nitrogens with zero attached hydrogens (tertiary/aromatic N) is 1. The average molecular weight is 361 g/mol. The van der Waals surface area contributed by atoms with E-state index in [-0.39, 0.29) is 5.63 Å². The minimum Gasteiger partial charge on any atom is -0.423 e. The lowest BCUT2D eigenvalue weighted by molar-refractivity contribution is 0.561. The second-order valence-electron chi connectivity index (χ2n) is 6.98. The highest BCUT2D eigenvalue weighted by molar-refractivity contribution is 6.22. The average Bonchev–Trinajstić information content (AvgIpc) is 3.19. The smallest absolute Gasteiger partial charge is 0.336 e. The molecule has 3 heterocycles. The van der Waals surface area contributed by atoms with Crippen LogP contribution in [0.25, 0.3) is 49.4 Å². The normalized spacial score (nSPS) is 11.7. The molecule has 0 N–H and O–H groups in total. The molecule has 3 nitrogen and oxygen atoms in total. The summed E-state index contributed by atoms with van der Waals surface area (Å²) in [7, 11) is 0. The minimum atomic E-state index is -0.330. The van der Waals surface area contributed by atoms with Crippen molar-refractivity contribution in [2.75, 3.05) is 0 Å². The van der Waals surface area contributed by atoms with E-state index < -0.39 is 0 Å². The number of fused-ring (bicyclic) bond motifs is 8. The van der Waals surface area contributed by atoms with Crippen molar-refractivity contribution in [2.45, 2.75) is 0 Å². The molecule has 6 rings (SSSR count). The Labute approximate surface area is 160 Å². The standard InChI is InChI=1S/C25H15NO2/c27-24-15-10-19-23(28-24)14-13-22-25(19)18-9-5-4-8-17(18)21-12-11-20(26(21)22)16-6-2-1-3-7-16/h1-15H. The Balaban J connectivity index is 1.92. The third kappa shape index (κ3) is 2.01. The number of pyridine rings is 1. The van der Waals surface area contributed by atoms with Gasteiger partial charge in [0, 0.05) is 22.2 Å². The largest absolute Gasteiger partial charge is 0.423 e. The van der Waals surface area contributed by atoms with Gasteiger partial charge >= 0.3 is 5.63 Å². The van der Waals surface area contributed by atoms with Gasteiger partial charge in [-0.15, -0.1) is 0 Å². The third-order valence-electron chi connectivity index (χ3n) is 5.44. The molecule has 0 aliphatic carbocycles. The van der Waals surface area contributed by atoms with Crippen molar-refractivity contribution in [1.29, 1.82) is 0 Å². The molecule has 3 aromatic carbocycles. The van der Waals surface area contributed by atoms with Gasteiger partial charge in [0.15, 0.2) is 0 Å². The van der Waals surface area contributed by atoms with Gasteiger partial charge in [0.2, 0.25) is 0 Å². The van der Waals surface area contributed by atoms with E-state index in [0.29, 0.717) is 5.58 Å². The van der Waals surface area contributed by atoms with Gasteiger partial charge < -0.3 is 8.82 Å². The molecule has 6 aromatic rings. The first kappa shape index (κ1) is 15.2. The fourth-order valence-electron chi connectivity index (χ4n) is 4.27. The van der Waals surface area contributed by atoms with Crippen LogP contribution in [0, 0.1) is 0 Å². The summed E-state index contributed by atoms with van der Waals surface area (Å²) in [6.45, 7) is 0. The molecule has 0 amide bonds. The Hall–Kier alpha value is -3.85. The van der Waals surface area contributed by atoms with Gasteiger partial charge in [-0.3, -0.25) is 0 Å². The van der Waals surface area contributed by atoms with Crippen molar-refractivity contribution in [1.82, 2.24) is 4.40 Å². The van der Waals surface area contributed by atoms with E-state index in [4.69, 9.17) is 4.42 Å². The molecule has 0 aliphatic heterocycles. The summed E-state index contributed by atoms with van der Waals surface area (Å²) in [5, 5.41) is 4.37. The molecule has 0 bridgehead atoms. The van der Waals surface area contributed by atoms with Crippen molar-refractivity contribution in [2.24, 2.45) is 0 Å². The molecule has 0 saturated heterocycles. The number of hydrogen-bond acceptors (Lipinski definition) is 2. The summed E-state index contributed by atoms with van der Waals surface area (Å²) in [6, 6.07) is 30.5. The number of rotatable bonds is 1. The first-order valence-electron chi connectivity index (χ1n) is 9.25. The van der Waals surface area contributed by atoms with Crippen LogP contribution in [0.2, 0.25) is 0 Å². The van der Waals surface area contributed by atoms with Crippen molar-refractivity contribution < 1.29 is 4.42 Å². The molecular weight excluding hydrogens is 346 g/mol. The van der Waals surface area contributed by atoms with Crippen LogP contribution >= 0.6 is 0 Å². The highest BCUT2D eigenvalue weighted by atomic mass is 16.4. The van der Waals surface area contributed by atoms with Crippen molar-refractivity contribution in [3.8, 4) is 11.3 Å². The zero-order valence-electron chi connectivity index (χ0n) is 14.9. The van der Waals surface area contributed by atoms with Crippen LogP contribution in [-0.2, 0) is 0 Å². The molecule has 28 heavy (non-hydrogen) atoms. The molecule has 0 radical (unpaired) electrons. The second-order valence-corrected chi connectivity index (χ2v) is 6.98. The van der Waals surface area contributed by atoms with Gasteiger partial charge in [0.1, 0.15) is 5.58 Å². The first-order valence-corrected chi connectivity index (χ1v) is 9.25. The van der Waals surface area contributed by atoms with Crippen LogP contribution in [0.1, 0.15) is 0 Å². The zero-order chi connectivity index (χ0) is 18.7. The lowest BCUT2D eigenvalue weighted by Crippen LogP contribution is -1.97. The molecule has 0 unspecified atom stereocenters. The Bertz CT molecular complexity index is 1570. The summed E-state index contributed by atoms with van der Waals surface area (Å²) in [4.78, 5) is 11.7. The predicted octanol–water partition coefficient (Wildman–Crippen LogP) is 6.02. The monoisotopic (exact) mass is 361 g/mol. The fraction of sp³-hybridized carbons (Fsp3) is 0. The van der Waals surface area contributed by atoms with Gasteiger partial charge in [-0.05, 0) is 41.3 Å². The lowest BCUT2D eigenvalue weighted by Gasteiger charge is -2.13. The molecular formula is C25H15NO2. The highest BCUT2D eigenvalue weighted by Crippen LogP contribution is 2.37. The van der Waals surface area contributed by atoms with Crippen molar-refractivity contribution >= 4 is 38.2 Å². The van der Waals surface area contributed by atoms with Gasteiger partial charge in [-0.2, -0.15) is 0 Å². The Morgan fingerprint density at radius 1 is 0.607 bits per heavy atom. The van der Waals surface area contributed by atoms with E-state index in [9.17, 15) is 4.79 Å². The maximum atomic E-state index is 11.7. The summed E-state index contributed by atoms with van der Waals surface area (Å²) in [5.41, 5.74) is 4.85. The van der Waals surface area contributed by atoms with E-state index >= 15 is 0 Å². The quantitative estimate of drug-likeness (QED) is 0.265. The second kappa shape index (κ2) is 5.57. The summed E-state index contributed by atoms with van der Waals surface area (Å²) in [6.07, 6.45) is 0. The van der Waals surface area contributed by atoms with Crippen LogP contribution in [0.4, 0.5) is 0 Å². The van der Waals surface area contributed by atoms with E-state index in [1.165, 1.54) is 22.5 Å². The molecule has 0 aliphatic rings. The van der Waals surface area contributed by atoms with E-state index in [0.717, 1.165) is 27.4 Å². The van der Waals surface area contributed by atoms with E-state index in [2.05, 4.69) is 65.1 Å². The molecule has 0 saturated carbocycles. The van der Waals surface area contributed by atoms with Crippen LogP contribution < -0.4 is 5.63 Å². The molecule has 3 heteroatoms. The predicted molar refractivity (Wildman–Crippen MR) is 114 cm³/mol. The van der Waals surface area contributed by atoms with Crippen LogP contribution in [0.15, 0.2) is 100 Å². The fourth-order valence-corrected chi connectivity index (χ4v) is 4.27. The Kier molecular flexibility index (Phi) is 3.03. The topological polar surface area (TPSA) is 34.6 Å². The molecule has 0 fully saturated rings. The van der Waals surface area contributed by atoms with Gasteiger partial charge in [0.25, 0.3) is 0 Å². The van der Waals surface area contributed by atoms with Crippen LogP contribution in [0.3, 0.4) is 0 Å². The summed E-state index contributed by atoms with van der Waals surface area (Å²) >= 11 is 0. The third-order valence-corrected chi connectivity index (χ3v) is 5.44. The van der Waals surface area contributed by atoms with E-state index in [1.807, 2.05) is 24.3 Å². The maximum absolute atomic E-state index is 11.7. The van der Waals surface area contributed by atoms with Gasteiger partial charge in [-0.25, -0.2) is 4.79 Å². The summed E-state index contributed by atoms with van der Waals surface area (Å²) < 4.78 is 7.77. The number of benzene rings is 3. The first-order chi connectivity index (χ1) is 13.8. The Morgan fingerprint density at radius 2 is 1.36 bits per heavy atom. The highest BCUT2D eigenvalue weighted by Gasteiger charge is 2.15. The van der Waals surface area contributed by atoms with Crippen molar-refractivity contribution in [3.05, 3.63) is 101 Å². The van der Waals surface area contributed by atoms with E-state index in [1.54, 1.807) is 0 Å². The lowest BCUT2D eigenvalue weighted by atomic mass is 10.0. The van der Waals surface area contributed by atoms with Gasteiger partial charge in [-0.1, -0.05) is 54.6 Å². The zero-order valence-corrected chi connectivity index (χ0v) is 14.9. The van der Waals surface area contributed by atoms with Crippen LogP contribution in [0.5, 0.6) is 0 Å². The molecule has 132 valence electrons. The number of aromatic nitrogens is 1. The summed E-state index contributed by atoms with van der Waals surface area (Å²) in [5.74, 6) is 0. The maximum Gasteiger partial charge on any atom is 0.336 e.